The number of phenolic OH excluding ortho intramolecular Hbond substituents is 3. The number of aryl methyl sites for hydroxylation is 1. The third-order valence-corrected chi connectivity index (χ3v) is 6.18. The second-order valence-corrected chi connectivity index (χ2v) is 8.93. The lowest BCUT2D eigenvalue weighted by Gasteiger charge is -2.11. The third kappa shape index (κ3) is 5.50. The molecule has 5 N–H and O–H groups in total. The van der Waals surface area contributed by atoms with E-state index < -0.39 is 33.2 Å². The van der Waals surface area contributed by atoms with Crippen molar-refractivity contribution in [3.63, 3.8) is 0 Å². The van der Waals surface area contributed by atoms with Crippen LogP contribution in [-0.2, 0) is 16.4 Å². The number of carbonyl (C=O) groups is 1. The van der Waals surface area contributed by atoms with E-state index in [-0.39, 0.29) is 10.5 Å². The number of amides is 1. The number of sulfonamides is 1. The van der Waals surface area contributed by atoms with Gasteiger partial charge in [0.05, 0.1) is 4.90 Å². The smallest absolute Gasteiger partial charge is 0.261 e. The average molecular weight is 457 g/mol. The normalized spacial score (nSPS) is 11.2. The highest BCUT2D eigenvalue weighted by Crippen LogP contribution is 2.35. The van der Waals surface area contributed by atoms with Gasteiger partial charge in [-0.15, -0.1) is 0 Å². The number of unbranched alkanes of at least 4 members (excludes halogenated alkanes) is 1. The van der Waals surface area contributed by atoms with E-state index >= 15 is 0 Å². The number of nitrogens with one attached hydrogen (secondary N) is 2. The van der Waals surface area contributed by atoms with Crippen molar-refractivity contribution in [2.75, 3.05) is 10.0 Å². The van der Waals surface area contributed by atoms with Gasteiger partial charge in [-0.3, -0.25) is 9.52 Å². The van der Waals surface area contributed by atoms with Crippen LogP contribution in [0.5, 0.6) is 17.2 Å². The molecule has 0 heterocycles. The monoisotopic (exact) mass is 456 g/mol. The molecule has 0 aliphatic carbocycles. The Hall–Kier alpha value is -3.72. The van der Waals surface area contributed by atoms with Gasteiger partial charge in [0.2, 0.25) is 0 Å². The molecular formula is C23H24N2O6S. The van der Waals surface area contributed by atoms with Gasteiger partial charge in [0.1, 0.15) is 0 Å². The fourth-order valence-electron chi connectivity index (χ4n) is 2.99. The summed E-state index contributed by atoms with van der Waals surface area (Å²) >= 11 is 0. The van der Waals surface area contributed by atoms with E-state index in [1.165, 1.54) is 24.3 Å². The number of hydrogen-bond donors (Lipinski definition) is 5. The van der Waals surface area contributed by atoms with E-state index in [2.05, 4.69) is 17.0 Å². The summed E-state index contributed by atoms with van der Waals surface area (Å²) in [5.74, 6) is -2.66. The molecule has 9 heteroatoms. The summed E-state index contributed by atoms with van der Waals surface area (Å²) in [6.45, 7) is 2.11. The molecule has 0 fully saturated rings. The maximum absolute atomic E-state index is 12.6. The zero-order valence-corrected chi connectivity index (χ0v) is 18.2. The van der Waals surface area contributed by atoms with Gasteiger partial charge in [-0.25, -0.2) is 8.42 Å². The lowest BCUT2D eigenvalue weighted by atomic mass is 10.1. The van der Waals surface area contributed by atoms with E-state index in [9.17, 15) is 28.5 Å². The van der Waals surface area contributed by atoms with Crippen LogP contribution in [0.2, 0.25) is 0 Å². The quantitative estimate of drug-likeness (QED) is 0.322. The molecule has 0 bridgehead atoms. The standard InChI is InChI=1S/C23H24N2O6S/c1-2-3-4-15-5-7-18(8-6-15)25-32(30,31)19-11-9-17(10-12-19)24-23(29)16-13-20(26)22(28)21(27)14-16/h5-14,25-28H,2-4H2,1H3,(H,24,29). The minimum atomic E-state index is -3.81. The molecule has 32 heavy (non-hydrogen) atoms. The van der Waals surface area contributed by atoms with Crippen molar-refractivity contribution in [1.82, 2.24) is 0 Å². The Morgan fingerprint density at radius 1 is 0.875 bits per heavy atom. The summed E-state index contributed by atoms with van der Waals surface area (Å²) in [5, 5.41) is 31.0. The first kappa shape index (κ1) is 23.0. The van der Waals surface area contributed by atoms with Gasteiger partial charge in [0, 0.05) is 16.9 Å². The molecule has 0 radical (unpaired) electrons. The number of carbonyl (C=O) groups excluding carboxylic acids is 1. The Morgan fingerprint density at radius 3 is 2.00 bits per heavy atom. The van der Waals surface area contributed by atoms with Gasteiger partial charge in [0.25, 0.3) is 15.9 Å². The summed E-state index contributed by atoms with van der Waals surface area (Å²) in [6, 6.07) is 14.8. The molecule has 0 aliphatic heterocycles. The first-order chi connectivity index (χ1) is 15.2. The summed E-state index contributed by atoms with van der Waals surface area (Å²) in [4.78, 5) is 12.3. The van der Waals surface area contributed by atoms with Crippen LogP contribution in [0.15, 0.2) is 65.6 Å². The zero-order chi connectivity index (χ0) is 23.3. The highest BCUT2D eigenvalue weighted by atomic mass is 32.2. The van der Waals surface area contributed by atoms with Crippen molar-refractivity contribution in [3.05, 3.63) is 71.8 Å². The molecule has 0 aromatic heterocycles. The second kappa shape index (κ2) is 9.61. The summed E-state index contributed by atoms with van der Waals surface area (Å²) in [7, 11) is -3.81. The molecule has 0 unspecified atom stereocenters. The average Bonchev–Trinajstić information content (AvgIpc) is 2.76. The summed E-state index contributed by atoms with van der Waals surface area (Å²) < 4.78 is 27.8. The number of anilines is 2. The van der Waals surface area contributed by atoms with Crippen LogP contribution in [0.1, 0.15) is 35.7 Å². The van der Waals surface area contributed by atoms with Crippen molar-refractivity contribution < 1.29 is 28.5 Å². The first-order valence-corrected chi connectivity index (χ1v) is 11.5. The Bertz CT molecular complexity index is 1180. The minimum Gasteiger partial charge on any atom is -0.504 e. The van der Waals surface area contributed by atoms with Crippen LogP contribution in [-0.4, -0.2) is 29.6 Å². The lowest BCUT2D eigenvalue weighted by Crippen LogP contribution is -2.14. The topological polar surface area (TPSA) is 136 Å². The Balaban J connectivity index is 1.68. The van der Waals surface area contributed by atoms with E-state index in [1.807, 2.05) is 12.1 Å². The van der Waals surface area contributed by atoms with Crippen molar-refractivity contribution >= 4 is 27.3 Å². The van der Waals surface area contributed by atoms with Crippen molar-refractivity contribution in [2.24, 2.45) is 0 Å². The SMILES string of the molecule is CCCCc1ccc(NS(=O)(=O)c2ccc(NC(=O)c3cc(O)c(O)c(O)c3)cc2)cc1. The maximum atomic E-state index is 12.6. The summed E-state index contributed by atoms with van der Waals surface area (Å²) in [5.41, 5.74) is 1.82. The highest BCUT2D eigenvalue weighted by Gasteiger charge is 2.16. The van der Waals surface area contributed by atoms with Crippen LogP contribution < -0.4 is 10.0 Å². The second-order valence-electron chi connectivity index (χ2n) is 7.25. The van der Waals surface area contributed by atoms with Crippen LogP contribution in [0.25, 0.3) is 0 Å². The fraction of sp³-hybridized carbons (Fsp3) is 0.174. The molecule has 0 saturated carbocycles. The van der Waals surface area contributed by atoms with Crippen molar-refractivity contribution in [3.8, 4) is 17.2 Å². The molecular weight excluding hydrogens is 432 g/mol. The van der Waals surface area contributed by atoms with Crippen LogP contribution in [0.3, 0.4) is 0 Å². The highest BCUT2D eigenvalue weighted by molar-refractivity contribution is 7.92. The predicted molar refractivity (Wildman–Crippen MR) is 122 cm³/mol. The van der Waals surface area contributed by atoms with Gasteiger partial charge in [-0.05, 0) is 66.9 Å². The first-order valence-electron chi connectivity index (χ1n) is 9.97. The molecule has 3 aromatic rings. The van der Waals surface area contributed by atoms with Crippen molar-refractivity contribution in [1.29, 1.82) is 0 Å². The van der Waals surface area contributed by atoms with Gasteiger partial charge in [-0.2, -0.15) is 0 Å². The molecule has 3 aromatic carbocycles. The molecule has 0 spiro atoms. The van der Waals surface area contributed by atoms with Crippen LogP contribution >= 0.6 is 0 Å². The fourth-order valence-corrected chi connectivity index (χ4v) is 4.05. The van der Waals surface area contributed by atoms with Crippen LogP contribution in [0.4, 0.5) is 11.4 Å². The van der Waals surface area contributed by atoms with Gasteiger partial charge in [0.15, 0.2) is 17.2 Å². The predicted octanol–water partition coefficient (Wildman–Crippen LogP) is 4.20. The molecule has 168 valence electrons. The number of aromatic hydroxyl groups is 3. The number of rotatable bonds is 8. The molecule has 0 aliphatic rings. The summed E-state index contributed by atoms with van der Waals surface area (Å²) in [6.07, 6.45) is 3.10. The zero-order valence-electron chi connectivity index (χ0n) is 17.4. The van der Waals surface area contributed by atoms with E-state index in [0.29, 0.717) is 11.4 Å². The Morgan fingerprint density at radius 2 is 1.44 bits per heavy atom. The van der Waals surface area contributed by atoms with Crippen molar-refractivity contribution in [2.45, 2.75) is 31.1 Å². The third-order valence-electron chi connectivity index (χ3n) is 4.78. The number of benzene rings is 3. The molecule has 3 rings (SSSR count). The molecule has 1 amide bonds. The number of hydrogen-bond acceptors (Lipinski definition) is 6. The van der Waals surface area contributed by atoms with Gasteiger partial charge < -0.3 is 20.6 Å². The minimum absolute atomic E-state index is 0.0190. The Labute approximate surface area is 186 Å². The van der Waals surface area contributed by atoms with Crippen LogP contribution in [0, 0.1) is 0 Å². The van der Waals surface area contributed by atoms with E-state index in [1.54, 1.807) is 12.1 Å². The molecule has 0 saturated heterocycles. The molecule has 0 atom stereocenters. The molecule has 8 nitrogen and oxygen atoms in total. The largest absolute Gasteiger partial charge is 0.504 e. The van der Waals surface area contributed by atoms with Gasteiger partial charge >= 0.3 is 0 Å². The Kier molecular flexibility index (Phi) is 6.89. The van der Waals surface area contributed by atoms with Gasteiger partial charge in [-0.1, -0.05) is 25.5 Å². The van der Waals surface area contributed by atoms with E-state index in [0.717, 1.165) is 37.0 Å². The number of phenols is 3. The van der Waals surface area contributed by atoms with E-state index in [4.69, 9.17) is 0 Å². The maximum Gasteiger partial charge on any atom is 0.261 e. The lowest BCUT2D eigenvalue weighted by molar-refractivity contribution is 0.102.